The van der Waals surface area contributed by atoms with Gasteiger partial charge in [-0.25, -0.2) is 13.2 Å². The average Bonchev–Trinajstić information content (AvgIpc) is 2.40. The Morgan fingerprint density at radius 2 is 1.74 bits per heavy atom. The number of benzene rings is 2. The topological polar surface area (TPSA) is 29.5 Å². The fourth-order valence-electron chi connectivity index (χ4n) is 1.57. The van der Waals surface area contributed by atoms with Crippen LogP contribution in [0.2, 0.25) is 0 Å². The molecule has 0 saturated carbocycles. The van der Waals surface area contributed by atoms with Crippen molar-refractivity contribution < 1.29 is 23.0 Å². The molecule has 0 radical (unpaired) electrons. The van der Waals surface area contributed by atoms with E-state index in [4.69, 9.17) is 9.84 Å². The second-order valence-corrected chi connectivity index (χ2v) is 3.95. The monoisotopic (exact) mass is 268 g/mol. The highest BCUT2D eigenvalue weighted by atomic mass is 19.1. The van der Waals surface area contributed by atoms with Crippen LogP contribution in [0.25, 0.3) is 0 Å². The lowest BCUT2D eigenvalue weighted by atomic mass is 10.2. The van der Waals surface area contributed by atoms with Gasteiger partial charge in [-0.1, -0.05) is 6.07 Å². The second kappa shape index (κ2) is 5.75. The molecule has 5 heteroatoms. The molecule has 2 aromatic rings. The Morgan fingerprint density at radius 1 is 0.947 bits per heavy atom. The number of rotatable bonds is 4. The van der Waals surface area contributed by atoms with Crippen molar-refractivity contribution in [3.8, 4) is 5.75 Å². The highest BCUT2D eigenvalue weighted by Crippen LogP contribution is 2.20. The molecule has 2 nitrogen and oxygen atoms in total. The number of ether oxygens (including phenoxy) is 1. The lowest BCUT2D eigenvalue weighted by molar-refractivity contribution is 0.274. The van der Waals surface area contributed by atoms with E-state index in [0.29, 0.717) is 5.56 Å². The highest BCUT2D eigenvalue weighted by molar-refractivity contribution is 5.29. The molecule has 0 atom stereocenters. The van der Waals surface area contributed by atoms with Gasteiger partial charge in [0.25, 0.3) is 0 Å². The third-order valence-electron chi connectivity index (χ3n) is 2.57. The molecule has 1 N–H and O–H groups in total. The van der Waals surface area contributed by atoms with Crippen LogP contribution in [0.15, 0.2) is 36.4 Å². The van der Waals surface area contributed by atoms with Crippen molar-refractivity contribution in [1.82, 2.24) is 0 Å². The van der Waals surface area contributed by atoms with E-state index in [-0.39, 0.29) is 24.5 Å². The quantitative estimate of drug-likeness (QED) is 0.922. The molecule has 0 unspecified atom stereocenters. The summed E-state index contributed by atoms with van der Waals surface area (Å²) in [6.45, 7) is -0.561. The molecule has 2 aromatic carbocycles. The van der Waals surface area contributed by atoms with E-state index >= 15 is 0 Å². The van der Waals surface area contributed by atoms with Gasteiger partial charge in [0, 0.05) is 5.56 Å². The first-order valence-electron chi connectivity index (χ1n) is 5.56. The number of aliphatic hydroxyl groups is 1. The highest BCUT2D eigenvalue weighted by Gasteiger charge is 2.08. The molecule has 0 saturated heterocycles. The van der Waals surface area contributed by atoms with Crippen molar-refractivity contribution >= 4 is 0 Å². The molecular formula is C14H11F3O2. The molecule has 0 aromatic heterocycles. The first kappa shape index (κ1) is 13.4. The van der Waals surface area contributed by atoms with Crippen LogP contribution in [0.3, 0.4) is 0 Å². The van der Waals surface area contributed by atoms with Gasteiger partial charge in [0.05, 0.1) is 6.61 Å². The minimum atomic E-state index is -0.664. The first-order chi connectivity index (χ1) is 9.10. The van der Waals surface area contributed by atoms with Crippen LogP contribution < -0.4 is 4.74 Å². The van der Waals surface area contributed by atoms with Crippen LogP contribution in [-0.2, 0) is 13.2 Å². The number of hydrogen-bond acceptors (Lipinski definition) is 2. The summed E-state index contributed by atoms with van der Waals surface area (Å²) in [5.74, 6) is -1.95. The molecule has 0 aliphatic heterocycles. The van der Waals surface area contributed by atoms with E-state index in [1.54, 1.807) is 0 Å². The molecule has 0 spiro atoms. The molecule has 100 valence electrons. The standard InChI is InChI=1S/C14H11F3O2/c15-11-2-3-12(16)10(6-11)8-19-14-4-1-9(7-18)5-13(14)17/h1-6,18H,7-8H2. The number of hydrogen-bond donors (Lipinski definition) is 1. The summed E-state index contributed by atoms with van der Waals surface area (Å²) < 4.78 is 44.9. The van der Waals surface area contributed by atoms with Crippen molar-refractivity contribution in [2.45, 2.75) is 13.2 Å². The van der Waals surface area contributed by atoms with Crippen molar-refractivity contribution in [2.75, 3.05) is 0 Å². The van der Waals surface area contributed by atoms with Crippen LogP contribution in [-0.4, -0.2) is 5.11 Å². The maximum absolute atomic E-state index is 13.5. The number of halogens is 3. The zero-order chi connectivity index (χ0) is 13.8. The van der Waals surface area contributed by atoms with Crippen molar-refractivity contribution in [3.63, 3.8) is 0 Å². The summed E-state index contributed by atoms with van der Waals surface area (Å²) in [5, 5.41) is 8.83. The second-order valence-electron chi connectivity index (χ2n) is 3.95. The zero-order valence-electron chi connectivity index (χ0n) is 9.87. The molecule has 0 aliphatic carbocycles. The summed E-state index contributed by atoms with van der Waals surface area (Å²) in [6.07, 6.45) is 0. The van der Waals surface area contributed by atoms with Crippen molar-refractivity contribution in [1.29, 1.82) is 0 Å². The predicted octanol–water partition coefficient (Wildman–Crippen LogP) is 3.18. The van der Waals surface area contributed by atoms with Crippen LogP contribution in [0.1, 0.15) is 11.1 Å². The smallest absolute Gasteiger partial charge is 0.165 e. The summed E-state index contributed by atoms with van der Waals surface area (Å²) in [7, 11) is 0. The van der Waals surface area contributed by atoms with Gasteiger partial charge in [-0.3, -0.25) is 0 Å². The third-order valence-corrected chi connectivity index (χ3v) is 2.57. The van der Waals surface area contributed by atoms with Gasteiger partial charge in [-0.2, -0.15) is 0 Å². The minimum Gasteiger partial charge on any atom is -0.486 e. The molecule has 0 bridgehead atoms. The average molecular weight is 268 g/mol. The van der Waals surface area contributed by atoms with Gasteiger partial charge in [0.2, 0.25) is 0 Å². The van der Waals surface area contributed by atoms with E-state index in [1.165, 1.54) is 12.1 Å². The lowest BCUT2D eigenvalue weighted by Crippen LogP contribution is -2.01. The predicted molar refractivity (Wildman–Crippen MR) is 63.0 cm³/mol. The first-order valence-corrected chi connectivity index (χ1v) is 5.56. The molecule has 0 heterocycles. The molecule has 0 aliphatic rings. The Labute approximate surface area is 108 Å². The number of aliphatic hydroxyl groups excluding tert-OH is 1. The third kappa shape index (κ3) is 3.26. The Kier molecular flexibility index (Phi) is 4.06. The van der Waals surface area contributed by atoms with E-state index in [2.05, 4.69) is 0 Å². The Morgan fingerprint density at radius 3 is 2.42 bits per heavy atom. The van der Waals surface area contributed by atoms with Gasteiger partial charge >= 0.3 is 0 Å². The van der Waals surface area contributed by atoms with Gasteiger partial charge in [0.15, 0.2) is 11.6 Å². The van der Waals surface area contributed by atoms with E-state index in [0.717, 1.165) is 24.3 Å². The van der Waals surface area contributed by atoms with Crippen LogP contribution in [0, 0.1) is 17.5 Å². The van der Waals surface area contributed by atoms with Gasteiger partial charge < -0.3 is 9.84 Å². The minimum absolute atomic E-state index is 0.00522. The van der Waals surface area contributed by atoms with Crippen LogP contribution in [0.5, 0.6) is 5.75 Å². The molecule has 0 fully saturated rings. The molecule has 2 rings (SSSR count). The van der Waals surface area contributed by atoms with E-state index < -0.39 is 17.5 Å². The van der Waals surface area contributed by atoms with Crippen LogP contribution >= 0.6 is 0 Å². The Balaban J connectivity index is 2.12. The summed E-state index contributed by atoms with van der Waals surface area (Å²) >= 11 is 0. The van der Waals surface area contributed by atoms with Crippen molar-refractivity contribution in [3.05, 3.63) is 65.0 Å². The van der Waals surface area contributed by atoms with Crippen LogP contribution in [0.4, 0.5) is 13.2 Å². The summed E-state index contributed by atoms with van der Waals surface area (Å²) in [5.41, 5.74) is 0.410. The van der Waals surface area contributed by atoms with Gasteiger partial charge in [-0.15, -0.1) is 0 Å². The van der Waals surface area contributed by atoms with E-state index in [9.17, 15) is 13.2 Å². The van der Waals surface area contributed by atoms with Gasteiger partial charge in [-0.05, 0) is 35.9 Å². The fraction of sp³-hybridized carbons (Fsp3) is 0.143. The maximum atomic E-state index is 13.5. The normalized spacial score (nSPS) is 10.5. The summed E-state index contributed by atoms with van der Waals surface area (Å²) in [4.78, 5) is 0. The van der Waals surface area contributed by atoms with Gasteiger partial charge in [0.1, 0.15) is 18.2 Å². The Hall–Kier alpha value is -2.01. The van der Waals surface area contributed by atoms with Crippen molar-refractivity contribution in [2.24, 2.45) is 0 Å². The maximum Gasteiger partial charge on any atom is 0.165 e. The largest absolute Gasteiger partial charge is 0.486 e. The lowest BCUT2D eigenvalue weighted by Gasteiger charge is -2.09. The molecule has 19 heavy (non-hydrogen) atoms. The zero-order valence-corrected chi connectivity index (χ0v) is 9.87. The fourth-order valence-corrected chi connectivity index (χ4v) is 1.57. The molecule has 0 amide bonds. The molecular weight excluding hydrogens is 257 g/mol. The Bertz CT molecular complexity index is 585. The van der Waals surface area contributed by atoms with E-state index in [1.807, 2.05) is 0 Å². The SMILES string of the molecule is OCc1ccc(OCc2cc(F)ccc2F)c(F)c1. The summed E-state index contributed by atoms with van der Waals surface area (Å²) in [6, 6.07) is 6.92.